The van der Waals surface area contributed by atoms with Crippen LogP contribution in [0.2, 0.25) is 0 Å². The van der Waals surface area contributed by atoms with E-state index in [0.29, 0.717) is 69.6 Å². The van der Waals surface area contributed by atoms with Gasteiger partial charge in [0.05, 0.1) is 36.1 Å². The molecule has 0 saturated carbocycles. The first-order valence-electron chi connectivity index (χ1n) is 26.0. The quantitative estimate of drug-likeness (QED) is 0.0234. The molecule has 25 nitrogen and oxygen atoms in total. The second kappa shape index (κ2) is 26.6. The summed E-state index contributed by atoms with van der Waals surface area (Å²) in [5.41, 5.74) is 16.9. The lowest BCUT2D eigenvalue weighted by Crippen LogP contribution is -2.49. The molecule has 0 aliphatic carbocycles. The molecule has 0 spiro atoms. The maximum absolute atomic E-state index is 13.9. The van der Waals surface area contributed by atoms with Crippen molar-refractivity contribution in [1.82, 2.24) is 53.8 Å². The highest BCUT2D eigenvalue weighted by atomic mass is 16.5. The van der Waals surface area contributed by atoms with E-state index in [2.05, 4.69) is 31.1 Å². The molecule has 3 aromatic carbocycles. The van der Waals surface area contributed by atoms with Crippen LogP contribution in [0.4, 0.5) is 11.9 Å². The largest absolute Gasteiger partial charge is 0.494 e. The van der Waals surface area contributed by atoms with Gasteiger partial charge in [0, 0.05) is 89.5 Å². The SMILES string of the molecule is CCn1nc(C)cc1C(=O)Nc1nc2cc(C(N)=O)cc(OC)c2n1C/C=C/Cn1c(NC)nc2cc(C(N)=O)cc(OCCCN(C)C(=O)[C@H](Cc3ccccc3)NC(=O)CCN3C(=O)C=CC3=O)c21.CCn1nc(C)cc1C=O. The van der Waals surface area contributed by atoms with Crippen molar-refractivity contribution in [3.63, 3.8) is 0 Å². The van der Waals surface area contributed by atoms with Crippen molar-refractivity contribution >= 4 is 81.6 Å². The summed E-state index contributed by atoms with van der Waals surface area (Å²) in [6.07, 6.45) is 7.21. The Bertz CT molecular complexity index is 3550. The normalized spacial score (nSPS) is 12.4. The minimum atomic E-state index is -0.941. The van der Waals surface area contributed by atoms with E-state index in [4.69, 9.17) is 25.9 Å². The van der Waals surface area contributed by atoms with Crippen molar-refractivity contribution in [2.45, 2.75) is 79.2 Å². The highest BCUT2D eigenvalue weighted by Gasteiger charge is 2.28. The lowest BCUT2D eigenvalue weighted by molar-refractivity contribution is -0.138. The van der Waals surface area contributed by atoms with E-state index >= 15 is 0 Å². The topological polar surface area (TPSA) is 321 Å². The number of anilines is 2. The minimum Gasteiger partial charge on any atom is -0.494 e. The number of allylic oxidation sites excluding steroid dienone is 2. The first-order valence-corrected chi connectivity index (χ1v) is 26.0. The van der Waals surface area contributed by atoms with Crippen LogP contribution in [0.15, 0.2) is 91.0 Å². The predicted molar refractivity (Wildman–Crippen MR) is 301 cm³/mol. The highest BCUT2D eigenvalue weighted by molar-refractivity contribution is 6.13. The van der Waals surface area contributed by atoms with Crippen LogP contribution in [-0.4, -0.2) is 143 Å². The summed E-state index contributed by atoms with van der Waals surface area (Å²) in [4.78, 5) is 112. The summed E-state index contributed by atoms with van der Waals surface area (Å²) in [7, 11) is 4.78. The van der Waals surface area contributed by atoms with Crippen LogP contribution in [-0.2, 0) is 51.8 Å². The Balaban J connectivity index is 0.000000853. The number of carbonyl (C=O) groups is 8. The third kappa shape index (κ3) is 14.0. The molecular formula is C56H65N15O10. The predicted octanol–water partition coefficient (Wildman–Crippen LogP) is 3.96. The molecule has 5 heterocycles. The van der Waals surface area contributed by atoms with Crippen molar-refractivity contribution in [2.75, 3.05) is 51.5 Å². The zero-order chi connectivity index (χ0) is 58.5. The van der Waals surface area contributed by atoms with E-state index in [9.17, 15) is 38.4 Å². The number of imide groups is 1. The number of amides is 7. The summed E-state index contributed by atoms with van der Waals surface area (Å²) >= 11 is 0. The van der Waals surface area contributed by atoms with Crippen molar-refractivity contribution < 1.29 is 47.8 Å². The van der Waals surface area contributed by atoms with Gasteiger partial charge in [-0.25, -0.2) is 9.97 Å². The molecule has 7 N–H and O–H groups in total. The smallest absolute Gasteiger partial charge is 0.276 e. The number of aromatic nitrogens is 8. The molecule has 0 unspecified atom stereocenters. The molecule has 0 saturated heterocycles. The van der Waals surface area contributed by atoms with Crippen molar-refractivity contribution in [2.24, 2.45) is 11.5 Å². The van der Waals surface area contributed by atoms with E-state index in [1.807, 2.05) is 67.8 Å². The number of carbonyl (C=O) groups excluding carboxylic acids is 8. The Hall–Kier alpha value is -9.94. The number of aldehydes is 1. The molecule has 0 bridgehead atoms. The lowest BCUT2D eigenvalue weighted by atomic mass is 10.0. The number of nitrogens with zero attached hydrogens (tertiary/aromatic N) is 10. The second-order valence-electron chi connectivity index (χ2n) is 18.7. The maximum atomic E-state index is 13.9. The molecule has 0 fully saturated rings. The van der Waals surface area contributed by atoms with Crippen LogP contribution in [0.25, 0.3) is 22.1 Å². The Morgan fingerprint density at radius 3 is 1.94 bits per heavy atom. The minimum absolute atomic E-state index is 0.104. The second-order valence-corrected chi connectivity index (χ2v) is 18.7. The molecule has 81 heavy (non-hydrogen) atoms. The van der Waals surface area contributed by atoms with E-state index < -0.39 is 41.5 Å². The van der Waals surface area contributed by atoms with Crippen LogP contribution in [0, 0.1) is 13.8 Å². The van der Waals surface area contributed by atoms with Gasteiger partial charge >= 0.3 is 0 Å². The molecule has 25 heteroatoms. The fraction of sp³-hybridized carbons (Fsp3) is 0.321. The van der Waals surface area contributed by atoms with E-state index in [0.717, 1.165) is 41.1 Å². The molecule has 1 aliphatic heterocycles. The molecule has 424 valence electrons. The molecular weight excluding hydrogens is 1040 g/mol. The Morgan fingerprint density at radius 1 is 0.778 bits per heavy atom. The van der Waals surface area contributed by atoms with Crippen molar-refractivity contribution in [3.8, 4) is 11.5 Å². The van der Waals surface area contributed by atoms with E-state index in [-0.39, 0.29) is 68.6 Å². The fourth-order valence-corrected chi connectivity index (χ4v) is 9.10. The zero-order valence-corrected chi connectivity index (χ0v) is 46.1. The number of aryl methyl sites for hydroxylation is 4. The van der Waals surface area contributed by atoms with Gasteiger partial charge in [-0.3, -0.25) is 57.9 Å². The van der Waals surface area contributed by atoms with E-state index in [1.54, 1.807) is 53.1 Å². The average Bonchev–Trinajstić information content (AvgIpc) is 4.39. The number of hydrogen-bond donors (Lipinski definition) is 5. The Kier molecular flexibility index (Phi) is 19.3. The first-order chi connectivity index (χ1) is 38.9. The number of hydrogen-bond acceptors (Lipinski definition) is 15. The van der Waals surface area contributed by atoms with Gasteiger partial charge in [0.25, 0.3) is 17.7 Å². The molecule has 0 radical (unpaired) electrons. The summed E-state index contributed by atoms with van der Waals surface area (Å²) in [5.74, 6) is -2.39. The molecule has 8 rings (SSSR count). The number of primary amides is 2. The van der Waals surface area contributed by atoms with Gasteiger partial charge < -0.3 is 45.6 Å². The standard InChI is InChI=1S/C49H55N13O9.C7H10N2O/c1-6-62-36(23-29(2)57-62)46(68)56-49-55-33-25-31(44(50)66)27-37(70-5)42(33)61(49)20-11-10-19-60-43-34(54-48(60)52-3)26-32(45(51)67)28-38(43)71-22-12-18-58(4)47(69)35(24-30-13-8-7-9-14-30)53-39(63)17-21-59-40(64)15-16-41(59)65;1-3-9-7(5-10)4-6(2)8-9/h7-11,13-16,23,25-28,35H,6,12,17-22,24H2,1-5H3,(H2,50,66)(H2,51,67)(H,52,54)(H,53,63)(H,55,56,68);4-5H,3H2,1-2H3/b11-10+;/t35-;/m0./s1. The van der Waals surface area contributed by atoms with Gasteiger partial charge in [-0.2, -0.15) is 10.2 Å². The third-order valence-electron chi connectivity index (χ3n) is 13.0. The molecule has 1 aliphatic rings. The third-order valence-corrected chi connectivity index (χ3v) is 13.0. The van der Waals surface area contributed by atoms with Crippen molar-refractivity contribution in [1.29, 1.82) is 0 Å². The monoisotopic (exact) mass is 1110 g/mol. The van der Waals surface area contributed by atoms with Crippen LogP contribution in [0.1, 0.15) is 85.3 Å². The number of nitrogens with one attached hydrogen (secondary N) is 3. The number of likely N-dealkylation sites (N-methyl/N-ethyl adjacent to an activating group) is 1. The molecule has 4 aromatic heterocycles. The van der Waals surface area contributed by atoms with Gasteiger partial charge in [-0.1, -0.05) is 42.5 Å². The van der Waals surface area contributed by atoms with Gasteiger partial charge in [0.1, 0.15) is 40.0 Å². The molecule has 1 atom stereocenters. The first kappa shape index (κ1) is 58.7. The van der Waals surface area contributed by atoms with Gasteiger partial charge in [-0.15, -0.1) is 0 Å². The fourth-order valence-electron chi connectivity index (χ4n) is 9.10. The Morgan fingerprint density at radius 2 is 1.36 bits per heavy atom. The number of rotatable bonds is 25. The number of nitrogens with two attached hydrogens (primary N) is 2. The average molecular weight is 1110 g/mol. The lowest BCUT2D eigenvalue weighted by Gasteiger charge is -2.25. The van der Waals surface area contributed by atoms with Gasteiger partial charge in [0.15, 0.2) is 6.29 Å². The van der Waals surface area contributed by atoms with Crippen LogP contribution < -0.4 is 36.9 Å². The number of ether oxygens (including phenoxy) is 2. The number of benzene rings is 3. The maximum Gasteiger partial charge on any atom is 0.276 e. The van der Waals surface area contributed by atoms with E-state index in [1.165, 1.54) is 30.2 Å². The summed E-state index contributed by atoms with van der Waals surface area (Å²) in [6.45, 7) is 9.36. The van der Waals surface area contributed by atoms with Crippen LogP contribution >= 0.6 is 0 Å². The molecule has 7 aromatic rings. The number of methoxy groups -OCH3 is 1. The zero-order valence-electron chi connectivity index (χ0n) is 46.1. The molecule has 7 amide bonds. The number of imidazole rings is 2. The van der Waals surface area contributed by atoms with Gasteiger partial charge in [0.2, 0.25) is 35.5 Å². The summed E-state index contributed by atoms with van der Waals surface area (Å²) < 4.78 is 18.9. The number of fused-ring (bicyclic) bond motifs is 2. The van der Waals surface area contributed by atoms with Crippen molar-refractivity contribution in [3.05, 3.63) is 131 Å². The highest BCUT2D eigenvalue weighted by Crippen LogP contribution is 2.33. The van der Waals surface area contributed by atoms with Crippen LogP contribution in [0.3, 0.4) is 0 Å². The summed E-state index contributed by atoms with van der Waals surface area (Å²) in [5, 5.41) is 17.3. The van der Waals surface area contributed by atoms with Gasteiger partial charge in [-0.05, 0) is 76.1 Å². The van der Waals surface area contributed by atoms with Crippen LogP contribution in [0.5, 0.6) is 11.5 Å². The summed E-state index contributed by atoms with van der Waals surface area (Å²) in [6, 6.07) is 17.9. The Labute approximate surface area is 465 Å².